The van der Waals surface area contributed by atoms with Crippen LogP contribution in [0.25, 0.3) is 52.9 Å². The second-order valence-corrected chi connectivity index (χ2v) is 14.1. The lowest BCUT2D eigenvalue weighted by atomic mass is 9.91. The molecule has 0 atom stereocenters. The topological polar surface area (TPSA) is 66.0 Å². The third kappa shape index (κ3) is 5.85. The van der Waals surface area contributed by atoms with Gasteiger partial charge in [0.25, 0.3) is 0 Å². The van der Waals surface area contributed by atoms with Crippen LogP contribution in [-0.4, -0.2) is 32.0 Å². The lowest BCUT2D eigenvalue weighted by Crippen LogP contribution is -2.48. The molecule has 0 saturated heterocycles. The van der Waals surface area contributed by atoms with Crippen LogP contribution in [0.4, 0.5) is 26.3 Å². The van der Waals surface area contributed by atoms with Crippen molar-refractivity contribution >= 4 is 33.8 Å². The molecule has 1 aliphatic rings. The molecule has 4 aromatic carbocycles. The largest absolute Gasteiger partial charge is 0.497 e. The van der Waals surface area contributed by atoms with Crippen LogP contribution >= 0.6 is 22.7 Å². The Kier molecular flexibility index (Phi) is 8.93. The summed E-state index contributed by atoms with van der Waals surface area (Å²) in [7, 11) is 2.93. The number of methoxy groups -OCH3 is 2. The molecule has 0 amide bonds. The predicted molar refractivity (Wildman–Crippen MR) is 195 cm³/mol. The summed E-state index contributed by atoms with van der Waals surface area (Å²) in [5.41, 5.74) is -1.94. The van der Waals surface area contributed by atoms with E-state index in [9.17, 15) is 10.5 Å². The van der Waals surface area contributed by atoms with Crippen molar-refractivity contribution in [3.8, 4) is 65.4 Å². The van der Waals surface area contributed by atoms with Crippen LogP contribution in [0.5, 0.6) is 11.5 Å². The molecule has 0 saturated carbocycles. The van der Waals surface area contributed by atoms with Gasteiger partial charge in [0, 0.05) is 41.8 Å². The highest BCUT2D eigenvalue weighted by Crippen LogP contribution is 2.67. The van der Waals surface area contributed by atoms with Gasteiger partial charge in [-0.2, -0.15) is 36.9 Å². The normalized spacial score (nSPS) is 15.5. The van der Waals surface area contributed by atoms with Crippen LogP contribution in [0.1, 0.15) is 22.3 Å². The molecule has 0 N–H and O–H groups in total. The number of ether oxygens (including phenoxy) is 2. The number of nitrogens with zero attached hydrogens (tertiary/aromatic N) is 2. The molecule has 0 fully saturated rings. The fourth-order valence-corrected chi connectivity index (χ4v) is 8.55. The highest BCUT2D eigenvalue weighted by Gasteiger charge is 2.80. The molecule has 264 valence electrons. The Morgan fingerprint density at radius 3 is 1.11 bits per heavy atom. The summed E-state index contributed by atoms with van der Waals surface area (Å²) in [5, 5.41) is 18.7. The monoisotopic (exact) mass is 754 g/mol. The second kappa shape index (κ2) is 13.3. The molecule has 53 heavy (non-hydrogen) atoms. The number of halogens is 6. The van der Waals surface area contributed by atoms with Gasteiger partial charge in [-0.1, -0.05) is 24.3 Å². The van der Waals surface area contributed by atoms with Gasteiger partial charge in [0.2, 0.25) is 0 Å². The standard InChI is InChI=1S/C41H24F6N2O2S2/c1-50-29-15-11-25(12-16-29)33-19-31(37(52-33)27-7-3-23(21-48)4-8-27)35-36(40(44,45)41(46,47)39(35,42)43)32-20-34(26-13-17-30(51-2)18-14-26)53-38(32)28-9-5-24(22-49)6-10-28/h3-20H,1-2H3. The van der Waals surface area contributed by atoms with Gasteiger partial charge in [-0.25, -0.2) is 0 Å². The maximum atomic E-state index is 16.5. The number of nitriles is 2. The van der Waals surface area contributed by atoms with E-state index < -0.39 is 40.0 Å². The Bertz CT molecular complexity index is 2280. The van der Waals surface area contributed by atoms with Crippen LogP contribution in [-0.2, 0) is 0 Å². The van der Waals surface area contributed by atoms with E-state index in [-0.39, 0.29) is 32.0 Å². The SMILES string of the molecule is COc1ccc(-c2cc(C3=C(c4cc(-c5ccc(OC)cc5)sc4-c4ccc(C#N)cc4)C(F)(F)C(F)(F)C3(F)F)c(-c3ccc(C#N)cc3)s2)cc1. The summed E-state index contributed by atoms with van der Waals surface area (Å²) in [6.07, 6.45) is 0. The molecule has 1 aliphatic carbocycles. The molecular weight excluding hydrogens is 731 g/mol. The first-order valence-electron chi connectivity index (χ1n) is 15.8. The minimum absolute atomic E-state index is 0.0338. The fraction of sp³-hybridized carbons (Fsp3) is 0.122. The molecule has 0 spiro atoms. The van der Waals surface area contributed by atoms with E-state index in [1.807, 2.05) is 12.1 Å². The zero-order valence-corrected chi connectivity index (χ0v) is 29.3. The summed E-state index contributed by atoms with van der Waals surface area (Å²) in [6.45, 7) is 0. The van der Waals surface area contributed by atoms with Crippen molar-refractivity contribution in [1.82, 2.24) is 0 Å². The van der Waals surface area contributed by atoms with Crippen molar-refractivity contribution in [2.24, 2.45) is 0 Å². The first-order chi connectivity index (χ1) is 25.3. The average molecular weight is 755 g/mol. The second-order valence-electron chi connectivity index (χ2n) is 12.0. The molecule has 0 radical (unpaired) electrons. The van der Waals surface area contributed by atoms with Gasteiger partial charge in [-0.15, -0.1) is 22.7 Å². The molecular formula is C41H24F6N2O2S2. The van der Waals surface area contributed by atoms with Gasteiger partial charge < -0.3 is 9.47 Å². The van der Waals surface area contributed by atoms with E-state index in [0.717, 1.165) is 22.7 Å². The number of benzene rings is 4. The van der Waals surface area contributed by atoms with Gasteiger partial charge in [-0.3, -0.25) is 0 Å². The number of hydrogen-bond donors (Lipinski definition) is 0. The Morgan fingerprint density at radius 1 is 0.491 bits per heavy atom. The molecule has 7 rings (SSSR count). The van der Waals surface area contributed by atoms with Crippen LogP contribution in [0.15, 0.2) is 109 Å². The lowest BCUT2D eigenvalue weighted by molar-refractivity contribution is -0.254. The highest BCUT2D eigenvalue weighted by atomic mass is 32.1. The van der Waals surface area contributed by atoms with Crippen LogP contribution in [0.2, 0.25) is 0 Å². The summed E-state index contributed by atoms with van der Waals surface area (Å²) in [5.74, 6) is -15.5. The fourth-order valence-electron chi connectivity index (χ4n) is 6.20. The molecule has 4 nitrogen and oxygen atoms in total. The van der Waals surface area contributed by atoms with Crippen LogP contribution in [0, 0.1) is 22.7 Å². The molecule has 6 aromatic rings. The number of thiophene rings is 2. The third-order valence-corrected chi connectivity index (χ3v) is 11.4. The minimum Gasteiger partial charge on any atom is -0.497 e. The Hall–Kier alpha value is -5.82. The van der Waals surface area contributed by atoms with E-state index >= 15 is 26.3 Å². The number of rotatable bonds is 8. The van der Waals surface area contributed by atoms with Crippen molar-refractivity contribution in [2.75, 3.05) is 14.2 Å². The zero-order valence-electron chi connectivity index (χ0n) is 27.7. The smallest absolute Gasteiger partial charge is 0.380 e. The van der Waals surface area contributed by atoms with Crippen molar-refractivity contribution in [2.45, 2.75) is 17.8 Å². The summed E-state index contributed by atoms with van der Waals surface area (Å²) in [6, 6.07) is 31.1. The number of hydrogen-bond acceptors (Lipinski definition) is 6. The van der Waals surface area contributed by atoms with Gasteiger partial charge >= 0.3 is 17.8 Å². The molecule has 12 heteroatoms. The average Bonchev–Trinajstić information content (AvgIpc) is 3.84. The summed E-state index contributed by atoms with van der Waals surface area (Å²) < 4.78 is 108. The molecule has 2 heterocycles. The van der Waals surface area contributed by atoms with Gasteiger partial charge in [0.1, 0.15) is 11.5 Å². The Morgan fingerprint density at radius 2 is 0.811 bits per heavy atom. The zero-order chi connectivity index (χ0) is 37.7. The van der Waals surface area contributed by atoms with Crippen molar-refractivity contribution in [3.63, 3.8) is 0 Å². The lowest BCUT2D eigenvalue weighted by Gasteiger charge is -2.26. The van der Waals surface area contributed by atoms with Crippen molar-refractivity contribution in [3.05, 3.63) is 131 Å². The maximum Gasteiger partial charge on any atom is 0.380 e. The number of allylic oxidation sites excluding steroid dienone is 2. The number of alkyl halides is 6. The van der Waals surface area contributed by atoms with E-state index in [2.05, 4.69) is 0 Å². The quantitative estimate of drug-likeness (QED) is 0.145. The summed E-state index contributed by atoms with van der Waals surface area (Å²) >= 11 is 1.93. The van der Waals surface area contributed by atoms with Crippen molar-refractivity contribution < 1.29 is 35.8 Å². The first-order valence-corrected chi connectivity index (χ1v) is 17.4. The maximum absolute atomic E-state index is 16.5. The molecule has 2 aromatic heterocycles. The van der Waals surface area contributed by atoms with Gasteiger partial charge in [-0.05, 0) is 107 Å². The summed E-state index contributed by atoms with van der Waals surface area (Å²) in [4.78, 5) is 0.762. The Labute approximate surface area is 308 Å². The predicted octanol–water partition coefficient (Wildman–Crippen LogP) is 12.1. The first kappa shape index (κ1) is 35.6. The van der Waals surface area contributed by atoms with Crippen LogP contribution in [0.3, 0.4) is 0 Å². The van der Waals surface area contributed by atoms with Crippen LogP contribution < -0.4 is 9.47 Å². The minimum atomic E-state index is -5.82. The third-order valence-electron chi connectivity index (χ3n) is 8.97. The van der Waals surface area contributed by atoms with Gasteiger partial charge in [0.15, 0.2) is 0 Å². The molecule has 0 unspecified atom stereocenters. The van der Waals surface area contributed by atoms with E-state index in [1.54, 1.807) is 48.5 Å². The van der Waals surface area contributed by atoms with E-state index in [4.69, 9.17) is 9.47 Å². The van der Waals surface area contributed by atoms with Crippen molar-refractivity contribution in [1.29, 1.82) is 10.5 Å². The van der Waals surface area contributed by atoms with E-state index in [1.165, 1.54) is 74.9 Å². The highest BCUT2D eigenvalue weighted by molar-refractivity contribution is 7.19. The van der Waals surface area contributed by atoms with Gasteiger partial charge in [0.05, 0.1) is 37.5 Å². The molecule has 0 bridgehead atoms. The Balaban J connectivity index is 1.56. The molecule has 0 aliphatic heterocycles. The van der Waals surface area contributed by atoms with E-state index in [0.29, 0.717) is 32.4 Å².